The molecule has 6 aliphatic carbocycles. The van der Waals surface area contributed by atoms with Gasteiger partial charge in [0.1, 0.15) is 0 Å². The standard InChI is InChI=1S/C36H47F3N2O4/c1-31-9-6-26(43)21-33(31)12-13-35(27(22-33)30(44)24-4-3-5-25(20-24)36(37,38)39)28(31)7-10-32(2)29(35)8-11-34(32,45)23-41-16-14-40(15-17-41)18-19-42/h3-5,12-13,20,22,26,28-29,42-43,45H,6-11,14-19,21,23H2,1-2H3/t26?,28-,29-,31-,32+,33+,34-,35-/m1/s1. The van der Waals surface area contributed by atoms with E-state index < -0.39 is 39.7 Å². The number of allylic oxidation sites excluding steroid dienone is 4. The van der Waals surface area contributed by atoms with Crippen molar-refractivity contribution in [3.8, 4) is 0 Å². The molecule has 0 aromatic heterocycles. The fourth-order valence-electron chi connectivity index (χ4n) is 11.3. The van der Waals surface area contributed by atoms with Crippen molar-refractivity contribution in [2.45, 2.75) is 76.7 Å². The molecular weight excluding hydrogens is 581 g/mol. The molecule has 6 nitrogen and oxygen atoms in total. The summed E-state index contributed by atoms with van der Waals surface area (Å²) in [5, 5.41) is 32.8. The van der Waals surface area contributed by atoms with Crippen molar-refractivity contribution in [2.75, 3.05) is 45.9 Å². The van der Waals surface area contributed by atoms with Gasteiger partial charge < -0.3 is 15.3 Å². The monoisotopic (exact) mass is 628 g/mol. The first-order valence-corrected chi connectivity index (χ1v) is 16.8. The maximum absolute atomic E-state index is 14.6. The number of piperazine rings is 1. The highest BCUT2D eigenvalue weighted by atomic mass is 19.4. The molecule has 0 amide bonds. The number of hydrogen-bond donors (Lipinski definition) is 3. The molecule has 1 aliphatic heterocycles. The number of β-amino-alcohol motifs (C(OH)–C–C–N with tert-alkyl or cyclic N) is 2. The summed E-state index contributed by atoms with van der Waals surface area (Å²) in [6.07, 6.45) is 6.40. The Morgan fingerprint density at radius 2 is 1.62 bits per heavy atom. The van der Waals surface area contributed by atoms with E-state index >= 15 is 0 Å². The fraction of sp³-hybridized carbons (Fsp3) is 0.694. The maximum atomic E-state index is 14.6. The van der Waals surface area contributed by atoms with Gasteiger partial charge in [-0.25, -0.2) is 0 Å². The molecule has 45 heavy (non-hydrogen) atoms. The van der Waals surface area contributed by atoms with Crippen molar-refractivity contribution >= 4 is 5.78 Å². The summed E-state index contributed by atoms with van der Waals surface area (Å²) in [5.41, 5.74) is -3.14. The van der Waals surface area contributed by atoms with Crippen LogP contribution >= 0.6 is 0 Å². The van der Waals surface area contributed by atoms with Crippen LogP contribution < -0.4 is 0 Å². The first-order valence-electron chi connectivity index (χ1n) is 16.8. The number of ketones is 1. The molecule has 8 atom stereocenters. The second kappa shape index (κ2) is 10.5. The third-order valence-electron chi connectivity index (χ3n) is 13.8. The predicted octanol–water partition coefficient (Wildman–Crippen LogP) is 5.09. The lowest BCUT2D eigenvalue weighted by molar-refractivity contribution is -0.177. The SMILES string of the molecule is C[C@]12CC[C@H]3[C@]4(C=C[C@@]5(C=C4C(=O)c4cccc(C(F)(F)F)c4)CC(O)CC[C@]35C)[C@@H]1CC[C@@]2(O)CN1CCN(CCO)CC1. The zero-order chi connectivity index (χ0) is 32.0. The van der Waals surface area contributed by atoms with E-state index in [0.29, 0.717) is 37.9 Å². The average molecular weight is 629 g/mol. The normalized spacial score (nSPS) is 43.0. The predicted molar refractivity (Wildman–Crippen MR) is 164 cm³/mol. The van der Waals surface area contributed by atoms with Crippen molar-refractivity contribution < 1.29 is 33.3 Å². The first-order chi connectivity index (χ1) is 21.2. The van der Waals surface area contributed by atoms with E-state index in [4.69, 9.17) is 0 Å². The molecule has 1 unspecified atom stereocenters. The van der Waals surface area contributed by atoms with Crippen LogP contribution in [0.15, 0.2) is 48.1 Å². The van der Waals surface area contributed by atoms with E-state index in [1.54, 1.807) is 0 Å². The number of carbonyl (C=O) groups is 1. The number of rotatable bonds is 6. The van der Waals surface area contributed by atoms with Crippen LogP contribution in [0.2, 0.25) is 0 Å². The zero-order valence-electron chi connectivity index (χ0n) is 26.5. The third-order valence-corrected chi connectivity index (χ3v) is 13.8. The number of alkyl halides is 3. The molecular formula is C36H47F3N2O4. The first kappa shape index (κ1) is 31.6. The van der Waals surface area contributed by atoms with E-state index in [9.17, 15) is 33.3 Å². The summed E-state index contributed by atoms with van der Waals surface area (Å²) in [6.45, 7) is 9.16. The van der Waals surface area contributed by atoms with Gasteiger partial charge in [-0.1, -0.05) is 44.2 Å². The number of aliphatic hydroxyl groups is 3. The molecule has 8 rings (SSSR count). The van der Waals surface area contributed by atoms with Crippen LogP contribution in [-0.2, 0) is 6.18 Å². The highest BCUT2D eigenvalue weighted by molar-refractivity contribution is 6.10. The molecule has 9 heteroatoms. The second-order valence-electron chi connectivity index (χ2n) is 15.6. The number of halogens is 3. The van der Waals surface area contributed by atoms with Gasteiger partial charge in [-0.3, -0.25) is 14.6 Å². The zero-order valence-corrected chi connectivity index (χ0v) is 26.5. The Hall–Kier alpha value is -2.04. The third kappa shape index (κ3) is 4.43. The van der Waals surface area contributed by atoms with Crippen molar-refractivity contribution in [3.05, 3.63) is 59.2 Å². The lowest BCUT2D eigenvalue weighted by Crippen LogP contribution is -2.67. The van der Waals surface area contributed by atoms with Gasteiger partial charge in [0.15, 0.2) is 5.78 Å². The van der Waals surface area contributed by atoms with Gasteiger partial charge in [-0.2, -0.15) is 13.2 Å². The number of fused-ring (bicyclic) bond motifs is 1. The summed E-state index contributed by atoms with van der Waals surface area (Å²) in [6, 6.07) is 4.79. The minimum Gasteiger partial charge on any atom is -0.395 e. The molecule has 1 aromatic carbocycles. The van der Waals surface area contributed by atoms with Crippen LogP contribution in [0.4, 0.5) is 13.2 Å². The van der Waals surface area contributed by atoms with Gasteiger partial charge >= 0.3 is 6.18 Å². The lowest BCUT2D eigenvalue weighted by Gasteiger charge is -2.71. The number of Topliss-reactive ketones (excluding diaryl/α,β-unsaturated/α-hetero) is 1. The van der Waals surface area contributed by atoms with Crippen LogP contribution in [-0.4, -0.2) is 88.5 Å². The Balaban J connectivity index is 1.29. The minimum absolute atomic E-state index is 0.0425. The van der Waals surface area contributed by atoms with E-state index in [0.717, 1.165) is 64.0 Å². The maximum Gasteiger partial charge on any atom is 0.416 e. The number of benzene rings is 1. The molecule has 3 saturated carbocycles. The Bertz CT molecular complexity index is 1420. The van der Waals surface area contributed by atoms with Crippen LogP contribution in [0.1, 0.15) is 74.7 Å². The van der Waals surface area contributed by atoms with Gasteiger partial charge in [0.05, 0.1) is 23.9 Å². The van der Waals surface area contributed by atoms with Gasteiger partial charge in [-0.05, 0) is 74.3 Å². The molecule has 2 spiro atoms. The molecule has 2 bridgehead atoms. The van der Waals surface area contributed by atoms with Gasteiger partial charge in [-0.15, -0.1) is 0 Å². The van der Waals surface area contributed by atoms with Crippen molar-refractivity contribution in [3.63, 3.8) is 0 Å². The van der Waals surface area contributed by atoms with Crippen LogP contribution in [0.25, 0.3) is 0 Å². The highest BCUT2D eigenvalue weighted by Gasteiger charge is 2.74. The van der Waals surface area contributed by atoms with Crippen LogP contribution in [0.3, 0.4) is 0 Å². The summed E-state index contributed by atoms with van der Waals surface area (Å²) >= 11 is 0. The molecule has 3 N–H and O–H groups in total. The van der Waals surface area contributed by atoms with E-state index in [1.165, 1.54) is 12.1 Å². The molecule has 1 aromatic rings. The van der Waals surface area contributed by atoms with E-state index in [2.05, 4.69) is 41.9 Å². The van der Waals surface area contributed by atoms with Gasteiger partial charge in [0.25, 0.3) is 0 Å². The number of carbonyl (C=O) groups excluding carboxylic acids is 1. The molecule has 0 radical (unpaired) electrons. The Labute approximate surface area is 264 Å². The van der Waals surface area contributed by atoms with E-state index in [-0.39, 0.29) is 35.2 Å². The molecule has 7 aliphatic rings. The number of nitrogens with zero attached hydrogens (tertiary/aromatic N) is 2. The molecule has 1 heterocycles. The Kier molecular flexibility index (Phi) is 7.35. The topological polar surface area (TPSA) is 84.2 Å². The van der Waals surface area contributed by atoms with Gasteiger partial charge in [0, 0.05) is 66.7 Å². The largest absolute Gasteiger partial charge is 0.416 e. The molecule has 1 saturated heterocycles. The fourth-order valence-corrected chi connectivity index (χ4v) is 11.3. The smallest absolute Gasteiger partial charge is 0.395 e. The van der Waals surface area contributed by atoms with Crippen molar-refractivity contribution in [2.24, 2.45) is 33.5 Å². The van der Waals surface area contributed by atoms with Crippen molar-refractivity contribution in [1.29, 1.82) is 0 Å². The van der Waals surface area contributed by atoms with E-state index in [1.807, 2.05) is 0 Å². The minimum atomic E-state index is -4.56. The van der Waals surface area contributed by atoms with Crippen LogP contribution in [0, 0.1) is 33.5 Å². The van der Waals surface area contributed by atoms with Gasteiger partial charge in [0.2, 0.25) is 0 Å². The molecule has 4 fully saturated rings. The van der Waals surface area contributed by atoms with Crippen molar-refractivity contribution in [1.82, 2.24) is 9.80 Å². The lowest BCUT2D eigenvalue weighted by atomic mass is 9.32. The molecule has 246 valence electrons. The summed E-state index contributed by atoms with van der Waals surface area (Å²) in [4.78, 5) is 19.2. The Morgan fingerprint density at radius 3 is 2.33 bits per heavy atom. The number of aliphatic hydroxyl groups excluding tert-OH is 2. The van der Waals surface area contributed by atoms with Crippen LogP contribution in [0.5, 0.6) is 0 Å². The second-order valence-corrected chi connectivity index (χ2v) is 15.6. The summed E-state index contributed by atoms with van der Waals surface area (Å²) in [5.74, 6) is -0.333. The quantitative estimate of drug-likeness (QED) is 0.301. The highest BCUT2D eigenvalue weighted by Crippen LogP contribution is 2.78. The number of hydrogen-bond acceptors (Lipinski definition) is 6. The average Bonchev–Trinajstić information content (AvgIpc) is 3.27. The Morgan fingerprint density at radius 1 is 0.956 bits per heavy atom. The summed E-state index contributed by atoms with van der Waals surface area (Å²) < 4.78 is 41.3. The summed E-state index contributed by atoms with van der Waals surface area (Å²) in [7, 11) is 0.